The number of hydrogen-bond acceptors (Lipinski definition) is 3. The molecule has 0 saturated carbocycles. The molecule has 0 aliphatic rings. The molecule has 0 bridgehead atoms. The molecule has 0 spiro atoms. The van der Waals surface area contributed by atoms with E-state index < -0.39 is 0 Å². The van der Waals surface area contributed by atoms with Crippen LogP contribution >= 0.6 is 23.2 Å². The van der Waals surface area contributed by atoms with E-state index in [0.29, 0.717) is 31.0 Å². The third-order valence-electron chi connectivity index (χ3n) is 5.89. The van der Waals surface area contributed by atoms with Crippen molar-refractivity contribution < 1.29 is 9.53 Å². The molecule has 0 fully saturated rings. The van der Waals surface area contributed by atoms with Crippen LogP contribution in [0.5, 0.6) is 5.75 Å². The Morgan fingerprint density at radius 1 is 1.03 bits per heavy atom. The van der Waals surface area contributed by atoms with Gasteiger partial charge in [-0.2, -0.15) is 0 Å². The molecule has 3 aromatic carbocycles. The molecule has 4 rings (SSSR count). The fourth-order valence-corrected chi connectivity index (χ4v) is 4.37. The first-order valence-corrected chi connectivity index (χ1v) is 12.5. The second-order valence-electron chi connectivity index (χ2n) is 8.64. The van der Waals surface area contributed by atoms with E-state index in [1.54, 1.807) is 12.1 Å². The van der Waals surface area contributed by atoms with Gasteiger partial charge in [0, 0.05) is 29.6 Å². The largest absolute Gasteiger partial charge is 0.494 e. The van der Waals surface area contributed by atoms with Gasteiger partial charge in [-0.1, -0.05) is 47.5 Å². The molecule has 1 N–H and O–H groups in total. The number of imidazole rings is 1. The van der Waals surface area contributed by atoms with E-state index in [9.17, 15) is 4.79 Å². The van der Waals surface area contributed by atoms with Gasteiger partial charge in [-0.25, -0.2) is 4.98 Å². The zero-order chi connectivity index (χ0) is 24.8. The van der Waals surface area contributed by atoms with Crippen LogP contribution < -0.4 is 10.1 Å². The van der Waals surface area contributed by atoms with E-state index in [4.69, 9.17) is 32.9 Å². The van der Waals surface area contributed by atoms with E-state index in [0.717, 1.165) is 57.3 Å². The SMILES string of the molecule is Cc1cc(OCCCn2c(CCNC(=O)Cc3ccc(Cl)cc3)nc3ccccc32)cc(C)c1Cl. The van der Waals surface area contributed by atoms with Crippen LogP contribution in [0.3, 0.4) is 0 Å². The number of fused-ring (bicyclic) bond motifs is 1. The van der Waals surface area contributed by atoms with Crippen LogP contribution in [0.15, 0.2) is 60.7 Å². The van der Waals surface area contributed by atoms with E-state index >= 15 is 0 Å². The highest BCUT2D eigenvalue weighted by Crippen LogP contribution is 2.26. The maximum atomic E-state index is 12.4. The summed E-state index contributed by atoms with van der Waals surface area (Å²) in [5, 5.41) is 4.46. The molecule has 1 heterocycles. The highest BCUT2D eigenvalue weighted by molar-refractivity contribution is 6.32. The maximum Gasteiger partial charge on any atom is 0.224 e. The Morgan fingerprint density at radius 2 is 1.74 bits per heavy atom. The van der Waals surface area contributed by atoms with E-state index in [2.05, 4.69) is 16.0 Å². The standard InChI is InChI=1S/C28H29Cl2N3O2/c1-19-16-23(17-20(2)28(19)30)35-15-5-14-33-25-7-4-3-6-24(25)32-26(33)12-13-31-27(34)18-21-8-10-22(29)11-9-21/h3-4,6-11,16-17H,5,12-15,18H2,1-2H3,(H,31,34). The van der Waals surface area contributed by atoms with Crippen LogP contribution in [-0.4, -0.2) is 28.6 Å². The van der Waals surface area contributed by atoms with Gasteiger partial charge in [-0.05, 0) is 73.4 Å². The number of nitrogens with one attached hydrogen (secondary N) is 1. The monoisotopic (exact) mass is 509 g/mol. The molecule has 0 atom stereocenters. The van der Waals surface area contributed by atoms with Crippen LogP contribution in [0.2, 0.25) is 10.0 Å². The highest BCUT2D eigenvalue weighted by Gasteiger charge is 2.11. The van der Waals surface area contributed by atoms with Gasteiger partial charge >= 0.3 is 0 Å². The van der Waals surface area contributed by atoms with Crippen molar-refractivity contribution in [1.82, 2.24) is 14.9 Å². The normalized spacial score (nSPS) is 11.1. The fraction of sp³-hybridized carbons (Fsp3) is 0.286. The number of halogens is 2. The molecule has 1 amide bonds. The summed E-state index contributed by atoms with van der Waals surface area (Å²) in [7, 11) is 0. The lowest BCUT2D eigenvalue weighted by atomic mass is 10.1. The summed E-state index contributed by atoms with van der Waals surface area (Å²) < 4.78 is 8.22. The lowest BCUT2D eigenvalue weighted by Crippen LogP contribution is -2.28. The van der Waals surface area contributed by atoms with Crippen LogP contribution in [0.1, 0.15) is 28.9 Å². The third kappa shape index (κ3) is 6.56. The summed E-state index contributed by atoms with van der Waals surface area (Å²) in [6.07, 6.45) is 1.81. The Bertz CT molecular complexity index is 1290. The van der Waals surface area contributed by atoms with Gasteiger partial charge in [-0.3, -0.25) is 4.79 Å². The summed E-state index contributed by atoms with van der Waals surface area (Å²) in [6, 6.07) is 19.4. The van der Waals surface area contributed by atoms with Crippen molar-refractivity contribution in [2.24, 2.45) is 0 Å². The second-order valence-corrected chi connectivity index (χ2v) is 9.46. The molecule has 35 heavy (non-hydrogen) atoms. The van der Waals surface area contributed by atoms with Gasteiger partial charge in [0.2, 0.25) is 5.91 Å². The zero-order valence-electron chi connectivity index (χ0n) is 20.0. The molecular weight excluding hydrogens is 481 g/mol. The molecule has 4 aromatic rings. The number of benzene rings is 3. The van der Waals surface area contributed by atoms with Crippen molar-refractivity contribution in [1.29, 1.82) is 0 Å². The van der Waals surface area contributed by atoms with Crippen molar-refractivity contribution in [2.45, 2.75) is 39.7 Å². The van der Waals surface area contributed by atoms with E-state index in [-0.39, 0.29) is 5.91 Å². The number of amides is 1. The minimum absolute atomic E-state index is 0.0167. The molecule has 0 radical (unpaired) electrons. The van der Waals surface area contributed by atoms with Gasteiger partial charge in [0.25, 0.3) is 0 Å². The van der Waals surface area contributed by atoms with E-state index in [1.165, 1.54) is 0 Å². The zero-order valence-corrected chi connectivity index (χ0v) is 21.5. The first kappa shape index (κ1) is 25.1. The minimum atomic E-state index is -0.0167. The Kier molecular flexibility index (Phi) is 8.32. The summed E-state index contributed by atoms with van der Waals surface area (Å²) >= 11 is 12.2. The Balaban J connectivity index is 1.34. The lowest BCUT2D eigenvalue weighted by Gasteiger charge is -2.12. The summed E-state index contributed by atoms with van der Waals surface area (Å²) in [6.45, 7) is 5.86. The van der Waals surface area contributed by atoms with E-state index in [1.807, 2.05) is 56.3 Å². The number of para-hydroxylation sites is 2. The van der Waals surface area contributed by atoms with Crippen molar-refractivity contribution in [3.8, 4) is 5.75 Å². The van der Waals surface area contributed by atoms with Gasteiger partial charge in [0.05, 0.1) is 24.1 Å². The van der Waals surface area contributed by atoms with Crippen molar-refractivity contribution in [3.63, 3.8) is 0 Å². The number of rotatable bonds is 10. The number of hydrogen-bond donors (Lipinski definition) is 1. The Morgan fingerprint density at radius 3 is 2.49 bits per heavy atom. The topological polar surface area (TPSA) is 56.1 Å². The van der Waals surface area contributed by atoms with Crippen LogP contribution in [0.25, 0.3) is 11.0 Å². The average Bonchev–Trinajstić information content (AvgIpc) is 3.19. The molecule has 7 heteroatoms. The number of aromatic nitrogens is 2. The number of aryl methyl sites for hydroxylation is 3. The van der Waals surface area contributed by atoms with Gasteiger partial charge < -0.3 is 14.6 Å². The number of ether oxygens (including phenoxy) is 1. The Labute approximate surface area is 216 Å². The first-order valence-electron chi connectivity index (χ1n) is 11.8. The third-order valence-corrected chi connectivity index (χ3v) is 6.74. The molecule has 182 valence electrons. The molecule has 1 aromatic heterocycles. The molecule has 0 aliphatic carbocycles. The lowest BCUT2D eigenvalue weighted by molar-refractivity contribution is -0.120. The van der Waals surface area contributed by atoms with Gasteiger partial charge in [0.15, 0.2) is 0 Å². The predicted molar refractivity (Wildman–Crippen MR) is 143 cm³/mol. The maximum absolute atomic E-state index is 12.4. The van der Waals surface area contributed by atoms with Crippen LogP contribution in [0.4, 0.5) is 0 Å². The van der Waals surface area contributed by atoms with Crippen molar-refractivity contribution >= 4 is 40.1 Å². The van der Waals surface area contributed by atoms with Crippen LogP contribution in [-0.2, 0) is 24.2 Å². The number of nitrogens with zero attached hydrogens (tertiary/aromatic N) is 2. The predicted octanol–water partition coefficient (Wildman–Crippen LogP) is 6.33. The quantitative estimate of drug-likeness (QED) is 0.254. The molecular formula is C28H29Cl2N3O2. The Hall–Kier alpha value is -3.02. The summed E-state index contributed by atoms with van der Waals surface area (Å²) in [5.74, 6) is 1.77. The molecule has 0 unspecified atom stereocenters. The fourth-order valence-electron chi connectivity index (χ4n) is 4.13. The van der Waals surface area contributed by atoms with Crippen LogP contribution in [0, 0.1) is 13.8 Å². The van der Waals surface area contributed by atoms with Crippen molar-refractivity contribution in [2.75, 3.05) is 13.2 Å². The first-order chi connectivity index (χ1) is 16.9. The molecule has 5 nitrogen and oxygen atoms in total. The summed E-state index contributed by atoms with van der Waals surface area (Å²) in [5.41, 5.74) is 5.02. The second kappa shape index (κ2) is 11.6. The smallest absolute Gasteiger partial charge is 0.224 e. The summed E-state index contributed by atoms with van der Waals surface area (Å²) in [4.78, 5) is 17.2. The minimum Gasteiger partial charge on any atom is -0.494 e. The molecule has 0 aliphatic heterocycles. The average molecular weight is 510 g/mol. The highest BCUT2D eigenvalue weighted by atomic mass is 35.5. The number of carbonyl (C=O) groups excluding carboxylic acids is 1. The number of carbonyl (C=O) groups is 1. The molecule has 0 saturated heterocycles. The van der Waals surface area contributed by atoms with Crippen molar-refractivity contribution in [3.05, 3.63) is 93.2 Å². The van der Waals surface area contributed by atoms with Gasteiger partial charge in [0.1, 0.15) is 11.6 Å². The van der Waals surface area contributed by atoms with Gasteiger partial charge in [-0.15, -0.1) is 0 Å².